The van der Waals surface area contributed by atoms with Gasteiger partial charge in [0.25, 0.3) is 0 Å². The van der Waals surface area contributed by atoms with Crippen LogP contribution in [0.25, 0.3) is 0 Å². The lowest BCUT2D eigenvalue weighted by Gasteiger charge is -2.20. The van der Waals surface area contributed by atoms with E-state index in [0.717, 1.165) is 43.7 Å². The van der Waals surface area contributed by atoms with E-state index < -0.39 is 0 Å². The molecule has 1 aromatic rings. The van der Waals surface area contributed by atoms with Crippen LogP contribution in [0, 0.1) is 0 Å². The summed E-state index contributed by atoms with van der Waals surface area (Å²) in [6.07, 6.45) is 3.31. The second kappa shape index (κ2) is 7.46. The molecule has 1 aromatic carbocycles. The molecule has 1 aliphatic rings. The van der Waals surface area contributed by atoms with E-state index >= 15 is 0 Å². The van der Waals surface area contributed by atoms with Gasteiger partial charge in [0.2, 0.25) is 5.91 Å². The van der Waals surface area contributed by atoms with Crippen LogP contribution < -0.4 is 4.74 Å². The molecule has 0 bridgehead atoms. The lowest BCUT2D eigenvalue weighted by molar-refractivity contribution is -0.130. The third-order valence-electron chi connectivity index (χ3n) is 3.69. The maximum atomic E-state index is 11.6. The van der Waals surface area contributed by atoms with Crippen molar-refractivity contribution >= 4 is 5.91 Å². The SMILES string of the molecule is CC(=O)N(Cc1ccc(OCCCN(C)C)cc1)C1CC1. The van der Waals surface area contributed by atoms with Crippen LogP contribution in [0.15, 0.2) is 24.3 Å². The van der Waals surface area contributed by atoms with Gasteiger partial charge in [-0.1, -0.05) is 12.1 Å². The Morgan fingerprint density at radius 3 is 2.43 bits per heavy atom. The predicted octanol–water partition coefficient (Wildman–Crippen LogP) is 2.53. The van der Waals surface area contributed by atoms with Gasteiger partial charge in [-0.25, -0.2) is 0 Å². The zero-order valence-electron chi connectivity index (χ0n) is 13.3. The summed E-state index contributed by atoms with van der Waals surface area (Å²) in [5.41, 5.74) is 1.16. The highest BCUT2D eigenvalue weighted by molar-refractivity contribution is 5.74. The van der Waals surface area contributed by atoms with Crippen molar-refractivity contribution in [2.45, 2.75) is 38.8 Å². The predicted molar refractivity (Wildman–Crippen MR) is 84.4 cm³/mol. The Bertz CT molecular complexity index is 452. The molecule has 1 aliphatic carbocycles. The van der Waals surface area contributed by atoms with Crippen molar-refractivity contribution in [3.05, 3.63) is 29.8 Å². The van der Waals surface area contributed by atoms with Crippen molar-refractivity contribution in [1.29, 1.82) is 0 Å². The van der Waals surface area contributed by atoms with Crippen LogP contribution in [-0.4, -0.2) is 49.0 Å². The minimum atomic E-state index is 0.168. The summed E-state index contributed by atoms with van der Waals surface area (Å²) in [6.45, 7) is 4.13. The van der Waals surface area contributed by atoms with E-state index in [4.69, 9.17) is 4.74 Å². The smallest absolute Gasteiger partial charge is 0.219 e. The average molecular weight is 290 g/mol. The van der Waals surface area contributed by atoms with Gasteiger partial charge in [-0.3, -0.25) is 4.79 Å². The number of amides is 1. The highest BCUT2D eigenvalue weighted by Gasteiger charge is 2.30. The summed E-state index contributed by atoms with van der Waals surface area (Å²) in [5.74, 6) is 1.07. The van der Waals surface area contributed by atoms with Crippen molar-refractivity contribution in [3.63, 3.8) is 0 Å². The number of ether oxygens (including phenoxy) is 1. The van der Waals surface area contributed by atoms with E-state index in [2.05, 4.69) is 31.1 Å². The Kier molecular flexibility index (Phi) is 5.62. The minimum Gasteiger partial charge on any atom is -0.494 e. The van der Waals surface area contributed by atoms with Crippen LogP contribution in [0.1, 0.15) is 31.7 Å². The monoisotopic (exact) mass is 290 g/mol. The van der Waals surface area contributed by atoms with Gasteiger partial charge < -0.3 is 14.5 Å². The second-order valence-corrected chi connectivity index (χ2v) is 6.03. The maximum absolute atomic E-state index is 11.6. The Morgan fingerprint density at radius 1 is 1.24 bits per heavy atom. The van der Waals surface area contributed by atoms with Crippen LogP contribution in [0.2, 0.25) is 0 Å². The quantitative estimate of drug-likeness (QED) is 0.690. The van der Waals surface area contributed by atoms with Gasteiger partial charge in [0, 0.05) is 26.1 Å². The van der Waals surface area contributed by atoms with Gasteiger partial charge in [0.05, 0.1) is 6.61 Å². The summed E-state index contributed by atoms with van der Waals surface area (Å²) >= 11 is 0. The topological polar surface area (TPSA) is 32.8 Å². The van der Waals surface area contributed by atoms with E-state index in [1.54, 1.807) is 6.92 Å². The number of nitrogens with zero attached hydrogens (tertiary/aromatic N) is 2. The fourth-order valence-corrected chi connectivity index (χ4v) is 2.34. The summed E-state index contributed by atoms with van der Waals surface area (Å²) in [6, 6.07) is 8.57. The number of carbonyl (C=O) groups excluding carboxylic acids is 1. The van der Waals surface area contributed by atoms with E-state index in [9.17, 15) is 4.79 Å². The van der Waals surface area contributed by atoms with Crippen molar-refractivity contribution in [1.82, 2.24) is 9.80 Å². The van der Waals surface area contributed by atoms with E-state index in [1.807, 2.05) is 17.0 Å². The zero-order valence-corrected chi connectivity index (χ0v) is 13.3. The fraction of sp³-hybridized carbons (Fsp3) is 0.588. The first-order valence-corrected chi connectivity index (χ1v) is 7.70. The fourth-order valence-electron chi connectivity index (χ4n) is 2.34. The summed E-state index contributed by atoms with van der Waals surface area (Å²) in [7, 11) is 4.13. The molecule has 0 spiro atoms. The van der Waals surface area contributed by atoms with Gasteiger partial charge in [0.15, 0.2) is 0 Å². The van der Waals surface area contributed by atoms with Crippen LogP contribution in [0.4, 0.5) is 0 Å². The van der Waals surface area contributed by atoms with Crippen LogP contribution in [0.5, 0.6) is 5.75 Å². The summed E-state index contributed by atoms with van der Waals surface area (Å²) in [5, 5.41) is 0. The molecule has 1 amide bonds. The third kappa shape index (κ3) is 5.38. The normalized spacial score (nSPS) is 14.3. The molecule has 4 heteroatoms. The molecule has 0 heterocycles. The first-order valence-electron chi connectivity index (χ1n) is 7.70. The second-order valence-electron chi connectivity index (χ2n) is 6.03. The molecule has 0 saturated heterocycles. The third-order valence-corrected chi connectivity index (χ3v) is 3.69. The summed E-state index contributed by atoms with van der Waals surface area (Å²) < 4.78 is 5.72. The maximum Gasteiger partial charge on any atom is 0.219 e. The molecule has 0 atom stereocenters. The lowest BCUT2D eigenvalue weighted by Crippen LogP contribution is -2.30. The van der Waals surface area contributed by atoms with Crippen molar-refractivity contribution < 1.29 is 9.53 Å². The van der Waals surface area contributed by atoms with Crippen LogP contribution in [-0.2, 0) is 11.3 Å². The molecule has 4 nitrogen and oxygen atoms in total. The molecule has 21 heavy (non-hydrogen) atoms. The Balaban J connectivity index is 1.79. The van der Waals surface area contributed by atoms with Crippen LogP contribution >= 0.6 is 0 Å². The molecule has 0 aromatic heterocycles. The first kappa shape index (κ1) is 15.8. The molecule has 0 unspecified atom stereocenters. The van der Waals surface area contributed by atoms with E-state index in [1.165, 1.54) is 0 Å². The van der Waals surface area contributed by atoms with Gasteiger partial charge >= 0.3 is 0 Å². The number of rotatable bonds is 8. The van der Waals surface area contributed by atoms with Crippen molar-refractivity contribution in [2.75, 3.05) is 27.2 Å². The molecule has 116 valence electrons. The zero-order chi connectivity index (χ0) is 15.2. The van der Waals surface area contributed by atoms with Gasteiger partial charge in [-0.15, -0.1) is 0 Å². The minimum absolute atomic E-state index is 0.168. The standard InChI is InChI=1S/C17H26N2O2/c1-14(20)19(16-7-8-16)13-15-5-9-17(10-6-15)21-12-4-11-18(2)3/h5-6,9-10,16H,4,7-8,11-13H2,1-3H3. The molecule has 1 fully saturated rings. The Morgan fingerprint density at radius 2 is 1.90 bits per heavy atom. The van der Waals surface area contributed by atoms with E-state index in [-0.39, 0.29) is 5.91 Å². The lowest BCUT2D eigenvalue weighted by atomic mass is 10.2. The number of hydrogen-bond acceptors (Lipinski definition) is 3. The van der Waals surface area contributed by atoms with Gasteiger partial charge in [-0.05, 0) is 51.1 Å². The number of hydrogen-bond donors (Lipinski definition) is 0. The first-order chi connectivity index (χ1) is 10.1. The molecular weight excluding hydrogens is 264 g/mol. The molecule has 0 N–H and O–H groups in total. The highest BCUT2D eigenvalue weighted by atomic mass is 16.5. The highest BCUT2D eigenvalue weighted by Crippen LogP contribution is 2.28. The van der Waals surface area contributed by atoms with Gasteiger partial charge in [0.1, 0.15) is 5.75 Å². The van der Waals surface area contributed by atoms with Crippen molar-refractivity contribution in [3.8, 4) is 5.75 Å². The van der Waals surface area contributed by atoms with E-state index in [0.29, 0.717) is 12.6 Å². The largest absolute Gasteiger partial charge is 0.494 e. The van der Waals surface area contributed by atoms with Crippen molar-refractivity contribution in [2.24, 2.45) is 0 Å². The number of benzene rings is 1. The number of carbonyl (C=O) groups is 1. The Labute approximate surface area is 127 Å². The molecular formula is C17H26N2O2. The molecule has 1 saturated carbocycles. The van der Waals surface area contributed by atoms with Crippen LogP contribution in [0.3, 0.4) is 0 Å². The molecule has 0 aliphatic heterocycles. The van der Waals surface area contributed by atoms with Gasteiger partial charge in [-0.2, -0.15) is 0 Å². The average Bonchev–Trinajstić information content (AvgIpc) is 3.26. The summed E-state index contributed by atoms with van der Waals surface area (Å²) in [4.78, 5) is 15.7. The molecule has 2 rings (SSSR count). The molecule has 0 radical (unpaired) electrons. The Hall–Kier alpha value is -1.55.